The van der Waals surface area contributed by atoms with E-state index in [1.165, 1.54) is 16.3 Å². The zero-order chi connectivity index (χ0) is 24.9. The lowest BCUT2D eigenvalue weighted by Gasteiger charge is -2.31. The molecule has 1 N–H and O–H groups in total. The molecule has 0 atom stereocenters. The molecule has 1 saturated heterocycles. The van der Waals surface area contributed by atoms with E-state index in [2.05, 4.69) is 44.6 Å². The molecule has 36 heavy (non-hydrogen) atoms. The van der Waals surface area contributed by atoms with Crippen LogP contribution in [0.3, 0.4) is 0 Å². The molecular formula is C27H28N6O2S. The number of anilines is 1. The van der Waals surface area contributed by atoms with Crippen LogP contribution >= 0.6 is 11.3 Å². The number of piperidine rings is 1. The van der Waals surface area contributed by atoms with Crippen molar-refractivity contribution in [3.8, 4) is 21.8 Å². The second-order valence-corrected chi connectivity index (χ2v) is 9.85. The Labute approximate surface area is 213 Å². The average molecular weight is 501 g/mol. The molecule has 4 aromatic rings. The number of hydrogen-bond acceptors (Lipinski definition) is 7. The predicted molar refractivity (Wildman–Crippen MR) is 142 cm³/mol. The standard InChI is InChI=1S/C27H28N6O2S/c1-19-5-2-3-6-21(19)22-8-10-25(30-29-22)32-15-12-20(13-16-32)27(35)28-14-17-33-26(34)11-9-23(31-33)24-7-4-18-36-24/h2-11,18,20H,12-17H2,1H3,(H,28,35). The maximum atomic E-state index is 12.7. The van der Waals surface area contributed by atoms with Gasteiger partial charge in [-0.1, -0.05) is 30.3 Å². The van der Waals surface area contributed by atoms with Gasteiger partial charge in [0.15, 0.2) is 5.82 Å². The number of carbonyl (C=O) groups excluding carboxylic acids is 1. The topological polar surface area (TPSA) is 93.0 Å². The Kier molecular flexibility index (Phi) is 7.18. The molecule has 0 unspecified atom stereocenters. The van der Waals surface area contributed by atoms with Crippen LogP contribution in [0.2, 0.25) is 0 Å². The molecule has 0 radical (unpaired) electrons. The average Bonchev–Trinajstić information content (AvgIpc) is 3.45. The van der Waals surface area contributed by atoms with Crippen molar-refractivity contribution < 1.29 is 4.79 Å². The number of carbonyl (C=O) groups is 1. The van der Waals surface area contributed by atoms with E-state index in [0.29, 0.717) is 13.1 Å². The quantitative estimate of drug-likeness (QED) is 0.415. The van der Waals surface area contributed by atoms with Gasteiger partial charge in [0.05, 0.1) is 17.1 Å². The van der Waals surface area contributed by atoms with Crippen molar-refractivity contribution in [2.45, 2.75) is 26.3 Å². The van der Waals surface area contributed by atoms with Gasteiger partial charge >= 0.3 is 0 Å². The van der Waals surface area contributed by atoms with Crippen LogP contribution in [-0.4, -0.2) is 45.5 Å². The van der Waals surface area contributed by atoms with Crippen LogP contribution in [0.5, 0.6) is 0 Å². The zero-order valence-electron chi connectivity index (χ0n) is 20.1. The van der Waals surface area contributed by atoms with Gasteiger partial charge in [-0.05, 0) is 55.0 Å². The van der Waals surface area contributed by atoms with E-state index >= 15 is 0 Å². The van der Waals surface area contributed by atoms with E-state index in [1.807, 2.05) is 41.8 Å². The summed E-state index contributed by atoms with van der Waals surface area (Å²) in [7, 11) is 0. The van der Waals surface area contributed by atoms with Crippen molar-refractivity contribution in [3.05, 3.63) is 82.0 Å². The summed E-state index contributed by atoms with van der Waals surface area (Å²) in [5.74, 6) is 0.808. The lowest BCUT2D eigenvalue weighted by Crippen LogP contribution is -2.42. The van der Waals surface area contributed by atoms with Gasteiger partial charge < -0.3 is 10.2 Å². The third kappa shape index (κ3) is 5.36. The minimum Gasteiger partial charge on any atom is -0.355 e. The third-order valence-corrected chi connectivity index (χ3v) is 7.42. The fraction of sp³-hybridized carbons (Fsp3) is 0.296. The highest BCUT2D eigenvalue weighted by atomic mass is 32.1. The number of thiophene rings is 1. The first-order chi connectivity index (χ1) is 17.6. The van der Waals surface area contributed by atoms with Crippen LogP contribution in [0, 0.1) is 12.8 Å². The number of benzene rings is 1. The van der Waals surface area contributed by atoms with Crippen molar-refractivity contribution in [2.75, 3.05) is 24.5 Å². The van der Waals surface area contributed by atoms with E-state index in [0.717, 1.165) is 53.6 Å². The molecule has 4 heterocycles. The minimum atomic E-state index is -0.174. The molecule has 1 aliphatic rings. The Morgan fingerprint density at radius 2 is 1.81 bits per heavy atom. The maximum Gasteiger partial charge on any atom is 0.266 e. The zero-order valence-corrected chi connectivity index (χ0v) is 20.9. The molecule has 1 aromatic carbocycles. The number of rotatable bonds is 7. The molecule has 1 fully saturated rings. The Balaban J connectivity index is 1.11. The molecule has 0 spiro atoms. The van der Waals surface area contributed by atoms with Crippen LogP contribution < -0.4 is 15.8 Å². The van der Waals surface area contributed by atoms with Crippen molar-refractivity contribution in [3.63, 3.8) is 0 Å². The normalized spacial score (nSPS) is 14.1. The number of aryl methyl sites for hydroxylation is 1. The summed E-state index contributed by atoms with van der Waals surface area (Å²) in [5.41, 5.74) is 3.70. The highest BCUT2D eigenvalue weighted by Gasteiger charge is 2.25. The molecule has 3 aromatic heterocycles. The molecule has 1 aliphatic heterocycles. The summed E-state index contributed by atoms with van der Waals surface area (Å²) in [6.07, 6.45) is 1.50. The predicted octanol–water partition coefficient (Wildman–Crippen LogP) is 3.77. The highest BCUT2D eigenvalue weighted by molar-refractivity contribution is 7.13. The summed E-state index contributed by atoms with van der Waals surface area (Å²) in [4.78, 5) is 28.1. The monoisotopic (exact) mass is 500 g/mol. The molecule has 5 rings (SSSR count). The first kappa shape index (κ1) is 23.9. The van der Waals surface area contributed by atoms with Crippen LogP contribution in [0.15, 0.2) is 70.8 Å². The van der Waals surface area contributed by atoms with Gasteiger partial charge in [-0.25, -0.2) is 4.68 Å². The van der Waals surface area contributed by atoms with Gasteiger partial charge in [-0.15, -0.1) is 21.5 Å². The maximum absolute atomic E-state index is 12.7. The summed E-state index contributed by atoms with van der Waals surface area (Å²) >= 11 is 1.58. The molecule has 0 bridgehead atoms. The number of aromatic nitrogens is 4. The second kappa shape index (κ2) is 10.8. The molecule has 1 amide bonds. The van der Waals surface area contributed by atoms with Crippen molar-refractivity contribution in [2.24, 2.45) is 5.92 Å². The number of nitrogens with one attached hydrogen (secondary N) is 1. The van der Waals surface area contributed by atoms with E-state index in [4.69, 9.17) is 0 Å². The highest BCUT2D eigenvalue weighted by Crippen LogP contribution is 2.25. The molecule has 9 heteroatoms. The van der Waals surface area contributed by atoms with Gasteiger partial charge in [-0.3, -0.25) is 9.59 Å². The van der Waals surface area contributed by atoms with Gasteiger partial charge in [0.2, 0.25) is 5.91 Å². The van der Waals surface area contributed by atoms with E-state index < -0.39 is 0 Å². The number of hydrogen-bond donors (Lipinski definition) is 1. The molecule has 8 nitrogen and oxygen atoms in total. The molecular weight excluding hydrogens is 472 g/mol. The van der Waals surface area contributed by atoms with Crippen molar-refractivity contribution in [1.29, 1.82) is 0 Å². The lowest BCUT2D eigenvalue weighted by atomic mass is 9.96. The van der Waals surface area contributed by atoms with Gasteiger partial charge in [0.1, 0.15) is 5.69 Å². The molecule has 184 valence electrons. The van der Waals surface area contributed by atoms with Gasteiger partial charge in [0.25, 0.3) is 5.56 Å². The van der Waals surface area contributed by atoms with E-state index in [1.54, 1.807) is 17.4 Å². The Morgan fingerprint density at radius 3 is 2.53 bits per heavy atom. The first-order valence-electron chi connectivity index (χ1n) is 12.1. The summed E-state index contributed by atoms with van der Waals surface area (Å²) < 4.78 is 1.41. The number of amides is 1. The SMILES string of the molecule is Cc1ccccc1-c1ccc(N2CCC(C(=O)NCCn3nc(-c4cccs4)ccc3=O)CC2)nn1. The smallest absolute Gasteiger partial charge is 0.266 e. The van der Waals surface area contributed by atoms with Crippen molar-refractivity contribution in [1.82, 2.24) is 25.3 Å². The fourth-order valence-electron chi connectivity index (χ4n) is 4.46. The Bertz CT molecular complexity index is 1380. The first-order valence-corrected chi connectivity index (χ1v) is 13.0. The Morgan fingerprint density at radius 1 is 1.00 bits per heavy atom. The lowest BCUT2D eigenvalue weighted by molar-refractivity contribution is -0.125. The second-order valence-electron chi connectivity index (χ2n) is 8.90. The summed E-state index contributed by atoms with van der Waals surface area (Å²) in [5, 5.41) is 18.3. The third-order valence-electron chi connectivity index (χ3n) is 6.52. The largest absolute Gasteiger partial charge is 0.355 e. The van der Waals surface area contributed by atoms with Crippen LogP contribution in [-0.2, 0) is 11.3 Å². The minimum absolute atomic E-state index is 0.0260. The molecule has 0 saturated carbocycles. The summed E-state index contributed by atoms with van der Waals surface area (Å²) in [6.45, 7) is 4.27. The van der Waals surface area contributed by atoms with Crippen LogP contribution in [0.1, 0.15) is 18.4 Å². The van der Waals surface area contributed by atoms with Gasteiger partial charge in [0, 0.05) is 37.2 Å². The van der Waals surface area contributed by atoms with Crippen LogP contribution in [0.4, 0.5) is 5.82 Å². The summed E-state index contributed by atoms with van der Waals surface area (Å²) in [6, 6.07) is 19.3. The van der Waals surface area contributed by atoms with E-state index in [9.17, 15) is 9.59 Å². The van der Waals surface area contributed by atoms with Crippen LogP contribution in [0.25, 0.3) is 21.8 Å². The molecule has 0 aliphatic carbocycles. The van der Waals surface area contributed by atoms with Crippen molar-refractivity contribution >= 4 is 23.1 Å². The fourth-order valence-corrected chi connectivity index (χ4v) is 5.15. The van der Waals surface area contributed by atoms with Gasteiger partial charge in [-0.2, -0.15) is 5.10 Å². The Hall–Kier alpha value is -3.85. The number of nitrogens with zero attached hydrogens (tertiary/aromatic N) is 5. The van der Waals surface area contributed by atoms with E-state index in [-0.39, 0.29) is 17.4 Å².